The minimum absolute atomic E-state index is 0.0392. The number of aromatic nitrogens is 3. The van der Waals surface area contributed by atoms with Crippen LogP contribution in [0.2, 0.25) is 0 Å². The van der Waals surface area contributed by atoms with Gasteiger partial charge in [-0.25, -0.2) is 14.3 Å². The maximum absolute atomic E-state index is 12.8. The van der Waals surface area contributed by atoms with Gasteiger partial charge in [-0.2, -0.15) is 18.3 Å². The molecule has 4 rings (SSSR count). The zero-order chi connectivity index (χ0) is 22.9. The molecular weight excluding hydrogens is 421 g/mol. The highest BCUT2D eigenvalue weighted by Crippen LogP contribution is 2.33. The molecule has 0 atom stereocenters. The average molecular weight is 440 g/mol. The minimum Gasteiger partial charge on any atom is -0.382 e. The third-order valence-electron chi connectivity index (χ3n) is 4.94. The van der Waals surface area contributed by atoms with E-state index in [1.165, 1.54) is 18.5 Å². The highest BCUT2D eigenvalue weighted by atomic mass is 19.4. The third-order valence-corrected chi connectivity index (χ3v) is 4.94. The molecule has 164 valence electrons. The number of urea groups is 1. The zero-order valence-corrected chi connectivity index (χ0v) is 16.9. The summed E-state index contributed by atoms with van der Waals surface area (Å²) in [4.78, 5) is 16.3. The van der Waals surface area contributed by atoms with E-state index in [4.69, 9.17) is 5.73 Å². The first-order chi connectivity index (χ1) is 15.3. The smallest absolute Gasteiger partial charge is 0.382 e. The summed E-state index contributed by atoms with van der Waals surface area (Å²) < 4.78 is 40.2. The second-order valence-electron chi connectivity index (χ2n) is 7.06. The molecule has 4 N–H and O–H groups in total. The Morgan fingerprint density at radius 2 is 1.81 bits per heavy atom. The van der Waals surface area contributed by atoms with E-state index in [-0.39, 0.29) is 5.69 Å². The van der Waals surface area contributed by atoms with Crippen LogP contribution < -0.4 is 16.4 Å². The fourth-order valence-corrected chi connectivity index (χ4v) is 3.46. The highest BCUT2D eigenvalue weighted by Gasteiger charge is 2.30. The van der Waals surface area contributed by atoms with Gasteiger partial charge in [0, 0.05) is 23.1 Å². The molecule has 2 aromatic heterocycles. The van der Waals surface area contributed by atoms with Gasteiger partial charge in [0.15, 0.2) is 5.82 Å². The number of amides is 2. The summed E-state index contributed by atoms with van der Waals surface area (Å²) in [5.74, 6) is 0.359. The number of rotatable bonds is 4. The van der Waals surface area contributed by atoms with E-state index >= 15 is 0 Å². The Morgan fingerprint density at radius 1 is 1.09 bits per heavy atom. The second-order valence-corrected chi connectivity index (χ2v) is 7.06. The van der Waals surface area contributed by atoms with Crippen molar-refractivity contribution in [1.29, 1.82) is 0 Å². The number of hydrogen-bond acceptors (Lipinski definition) is 4. The number of nitrogens with zero attached hydrogens (tertiary/aromatic N) is 3. The molecule has 7 nitrogen and oxygen atoms in total. The number of hydrogen-bond donors (Lipinski definition) is 3. The molecule has 0 fully saturated rings. The van der Waals surface area contributed by atoms with Crippen LogP contribution in [0.1, 0.15) is 18.1 Å². The van der Waals surface area contributed by atoms with Crippen LogP contribution in [-0.4, -0.2) is 20.6 Å². The van der Waals surface area contributed by atoms with Crippen LogP contribution in [0.5, 0.6) is 0 Å². The minimum atomic E-state index is -4.49. The van der Waals surface area contributed by atoms with Crippen LogP contribution in [0, 0.1) is 0 Å². The summed E-state index contributed by atoms with van der Waals surface area (Å²) in [6.45, 7) is 2.02. The molecule has 0 aliphatic carbocycles. The van der Waals surface area contributed by atoms with Gasteiger partial charge in [-0.05, 0) is 47.9 Å². The standard InChI is InChI=1S/C22H19F3N6O/c1-2-13-11-31-19(20(26)27-12-28-31)18(13)14-6-8-16(9-7-14)29-21(32)30-17-5-3-4-15(10-17)22(23,24)25/h3-12H,2H2,1H3,(H2,26,27,28)(H2,29,30,32). The number of carbonyl (C=O) groups is 1. The largest absolute Gasteiger partial charge is 0.416 e. The lowest BCUT2D eigenvalue weighted by Crippen LogP contribution is -2.19. The van der Waals surface area contributed by atoms with Crippen LogP contribution >= 0.6 is 0 Å². The number of nitrogens with two attached hydrogens (primary N) is 1. The molecule has 2 amide bonds. The number of fused-ring (bicyclic) bond motifs is 1. The first-order valence-electron chi connectivity index (χ1n) is 9.72. The van der Waals surface area contributed by atoms with Gasteiger partial charge in [0.1, 0.15) is 11.8 Å². The zero-order valence-electron chi connectivity index (χ0n) is 16.9. The van der Waals surface area contributed by atoms with E-state index in [1.54, 1.807) is 16.6 Å². The monoisotopic (exact) mass is 440 g/mol. The van der Waals surface area contributed by atoms with Crippen molar-refractivity contribution in [3.05, 3.63) is 72.2 Å². The maximum Gasteiger partial charge on any atom is 0.416 e. The Morgan fingerprint density at radius 3 is 2.50 bits per heavy atom. The van der Waals surface area contributed by atoms with Crippen molar-refractivity contribution >= 4 is 28.7 Å². The maximum atomic E-state index is 12.8. The van der Waals surface area contributed by atoms with Crippen molar-refractivity contribution in [2.45, 2.75) is 19.5 Å². The van der Waals surface area contributed by atoms with Crippen molar-refractivity contribution in [2.24, 2.45) is 0 Å². The summed E-state index contributed by atoms with van der Waals surface area (Å²) in [5.41, 5.74) is 9.26. The summed E-state index contributed by atoms with van der Waals surface area (Å²) in [6.07, 6.45) is -0.435. The van der Waals surface area contributed by atoms with Crippen LogP contribution in [0.3, 0.4) is 0 Å². The number of aryl methyl sites for hydroxylation is 1. The van der Waals surface area contributed by atoms with Gasteiger partial charge in [0.25, 0.3) is 0 Å². The van der Waals surface area contributed by atoms with Crippen molar-refractivity contribution < 1.29 is 18.0 Å². The molecule has 2 aromatic carbocycles. The van der Waals surface area contributed by atoms with Gasteiger partial charge in [0.05, 0.1) is 5.56 Å². The summed E-state index contributed by atoms with van der Waals surface area (Å²) in [6, 6.07) is 10.8. The molecule has 0 aliphatic rings. The number of benzene rings is 2. The SMILES string of the molecule is CCc1cn2ncnc(N)c2c1-c1ccc(NC(=O)Nc2cccc(C(F)(F)F)c2)cc1. The predicted molar refractivity (Wildman–Crippen MR) is 116 cm³/mol. The lowest BCUT2D eigenvalue weighted by molar-refractivity contribution is -0.137. The van der Waals surface area contributed by atoms with Gasteiger partial charge in [-0.3, -0.25) is 0 Å². The molecule has 0 radical (unpaired) electrons. The van der Waals surface area contributed by atoms with E-state index < -0.39 is 17.8 Å². The summed E-state index contributed by atoms with van der Waals surface area (Å²) in [5, 5.41) is 9.23. The molecule has 0 bridgehead atoms. The van der Waals surface area contributed by atoms with Gasteiger partial charge in [-0.1, -0.05) is 25.1 Å². The summed E-state index contributed by atoms with van der Waals surface area (Å²) in [7, 11) is 0. The quantitative estimate of drug-likeness (QED) is 0.406. The third kappa shape index (κ3) is 4.20. The molecule has 4 aromatic rings. The van der Waals surface area contributed by atoms with Gasteiger partial charge < -0.3 is 16.4 Å². The molecule has 2 heterocycles. The topological polar surface area (TPSA) is 97.3 Å². The van der Waals surface area contributed by atoms with E-state index in [9.17, 15) is 18.0 Å². The Kier molecular flexibility index (Phi) is 5.43. The average Bonchev–Trinajstić information content (AvgIpc) is 3.14. The molecule has 0 saturated heterocycles. The Bertz CT molecular complexity index is 1280. The van der Waals surface area contributed by atoms with Crippen LogP contribution in [0.25, 0.3) is 16.6 Å². The number of alkyl halides is 3. The number of anilines is 3. The highest BCUT2D eigenvalue weighted by molar-refractivity contribution is 6.00. The summed E-state index contributed by atoms with van der Waals surface area (Å²) >= 11 is 0. The van der Waals surface area contributed by atoms with Crippen molar-refractivity contribution in [3.8, 4) is 11.1 Å². The normalized spacial score (nSPS) is 11.5. The molecule has 0 unspecified atom stereocenters. The first-order valence-corrected chi connectivity index (χ1v) is 9.72. The van der Waals surface area contributed by atoms with Crippen LogP contribution in [0.15, 0.2) is 61.1 Å². The molecule has 0 aliphatic heterocycles. The lowest BCUT2D eigenvalue weighted by atomic mass is 10.0. The van der Waals surface area contributed by atoms with E-state index in [0.29, 0.717) is 17.0 Å². The Hall–Kier alpha value is -4.08. The lowest BCUT2D eigenvalue weighted by Gasteiger charge is -2.11. The van der Waals surface area contributed by atoms with Gasteiger partial charge in [0.2, 0.25) is 0 Å². The fourth-order valence-electron chi connectivity index (χ4n) is 3.46. The molecule has 10 heteroatoms. The van der Waals surface area contributed by atoms with E-state index in [2.05, 4.69) is 20.7 Å². The second kappa shape index (κ2) is 8.22. The molecular formula is C22H19F3N6O. The van der Waals surface area contributed by atoms with Crippen LogP contribution in [0.4, 0.5) is 35.2 Å². The number of nitrogen functional groups attached to an aromatic ring is 1. The fraction of sp³-hybridized carbons (Fsp3) is 0.136. The number of carbonyl (C=O) groups excluding carboxylic acids is 1. The van der Waals surface area contributed by atoms with Crippen molar-refractivity contribution in [3.63, 3.8) is 0 Å². The van der Waals surface area contributed by atoms with Gasteiger partial charge in [-0.15, -0.1) is 0 Å². The van der Waals surface area contributed by atoms with E-state index in [0.717, 1.165) is 35.2 Å². The van der Waals surface area contributed by atoms with Gasteiger partial charge >= 0.3 is 12.2 Å². The molecule has 0 saturated carbocycles. The molecule has 32 heavy (non-hydrogen) atoms. The number of halogens is 3. The predicted octanol–water partition coefficient (Wildman–Crippen LogP) is 5.20. The van der Waals surface area contributed by atoms with Crippen molar-refractivity contribution in [1.82, 2.24) is 14.6 Å². The van der Waals surface area contributed by atoms with E-state index in [1.807, 2.05) is 25.3 Å². The van der Waals surface area contributed by atoms with Crippen molar-refractivity contribution in [2.75, 3.05) is 16.4 Å². The first kappa shape index (κ1) is 21.2. The number of nitrogens with one attached hydrogen (secondary N) is 2. The molecule has 0 spiro atoms. The van der Waals surface area contributed by atoms with Crippen LogP contribution in [-0.2, 0) is 12.6 Å². The Balaban J connectivity index is 1.53. The Labute approximate surface area is 181 Å².